The SMILES string of the molecule is COc1ccc(N2CSC3=C(C#N)[C@H](c4cc(OC)c(OC)c(OC)c4)CC(=O)N3C2)cc1. The molecular weight excluding hydrogens is 442 g/mol. The first kappa shape index (κ1) is 22.7. The quantitative estimate of drug-likeness (QED) is 0.632. The van der Waals surface area contributed by atoms with E-state index in [2.05, 4.69) is 11.0 Å². The van der Waals surface area contributed by atoms with Crippen LogP contribution in [-0.4, -0.2) is 51.8 Å². The molecule has 9 heteroatoms. The molecule has 0 spiro atoms. The van der Waals surface area contributed by atoms with Gasteiger partial charge < -0.3 is 23.8 Å². The molecular formula is C24H25N3O5S. The molecule has 1 saturated heterocycles. The number of nitrogens with zero attached hydrogens (tertiary/aromatic N) is 3. The molecule has 4 rings (SSSR count). The van der Waals surface area contributed by atoms with E-state index in [1.807, 2.05) is 36.4 Å². The van der Waals surface area contributed by atoms with E-state index in [0.29, 0.717) is 40.4 Å². The van der Waals surface area contributed by atoms with Crippen molar-refractivity contribution in [3.8, 4) is 29.1 Å². The van der Waals surface area contributed by atoms with Crippen molar-refractivity contribution in [3.05, 3.63) is 52.6 Å². The van der Waals surface area contributed by atoms with Crippen LogP contribution < -0.4 is 23.8 Å². The van der Waals surface area contributed by atoms with Gasteiger partial charge in [0.15, 0.2) is 11.5 Å². The first-order chi connectivity index (χ1) is 16.0. The Labute approximate surface area is 197 Å². The number of thioether (sulfide) groups is 1. The summed E-state index contributed by atoms with van der Waals surface area (Å²) >= 11 is 1.49. The van der Waals surface area contributed by atoms with Gasteiger partial charge in [-0.3, -0.25) is 9.69 Å². The van der Waals surface area contributed by atoms with Gasteiger partial charge >= 0.3 is 0 Å². The largest absolute Gasteiger partial charge is 0.497 e. The van der Waals surface area contributed by atoms with E-state index in [1.54, 1.807) is 26.2 Å². The third kappa shape index (κ3) is 4.14. The zero-order valence-electron chi connectivity index (χ0n) is 19.0. The molecule has 0 radical (unpaired) electrons. The van der Waals surface area contributed by atoms with Crippen LogP contribution in [0.1, 0.15) is 17.9 Å². The molecule has 2 heterocycles. The van der Waals surface area contributed by atoms with Gasteiger partial charge in [0.2, 0.25) is 11.7 Å². The van der Waals surface area contributed by atoms with Gasteiger partial charge in [-0.2, -0.15) is 5.26 Å². The fourth-order valence-corrected chi connectivity index (χ4v) is 5.27. The number of hydrogen-bond donors (Lipinski definition) is 0. The minimum absolute atomic E-state index is 0.0338. The molecule has 1 fully saturated rings. The van der Waals surface area contributed by atoms with Crippen molar-refractivity contribution in [1.82, 2.24) is 4.90 Å². The predicted octanol–water partition coefficient (Wildman–Crippen LogP) is 3.94. The highest BCUT2D eigenvalue weighted by Crippen LogP contribution is 2.47. The van der Waals surface area contributed by atoms with Crippen LogP contribution in [0.4, 0.5) is 5.69 Å². The van der Waals surface area contributed by atoms with Crippen LogP contribution in [0.25, 0.3) is 0 Å². The highest BCUT2D eigenvalue weighted by molar-refractivity contribution is 8.03. The van der Waals surface area contributed by atoms with Crippen molar-refractivity contribution in [2.75, 3.05) is 45.9 Å². The smallest absolute Gasteiger partial charge is 0.229 e. The zero-order chi connectivity index (χ0) is 23.5. The summed E-state index contributed by atoms with van der Waals surface area (Å²) in [6.07, 6.45) is 0.183. The standard InChI is InChI=1S/C24H25N3O5S/c1-29-17-7-5-16(6-8-17)26-13-27-22(28)11-18(19(12-25)24(27)33-14-26)15-9-20(30-2)23(32-4)21(10-15)31-3/h5-10,18H,11,13-14H2,1-4H3/t18-/m0/s1. The molecule has 2 aliphatic heterocycles. The monoisotopic (exact) mass is 467 g/mol. The average Bonchev–Trinajstić information content (AvgIpc) is 2.87. The van der Waals surface area contributed by atoms with Crippen molar-refractivity contribution in [2.45, 2.75) is 12.3 Å². The van der Waals surface area contributed by atoms with Crippen LogP contribution in [-0.2, 0) is 4.79 Å². The molecule has 1 atom stereocenters. The summed E-state index contributed by atoms with van der Waals surface area (Å²) in [5, 5.41) is 10.8. The van der Waals surface area contributed by atoms with Gasteiger partial charge in [-0.25, -0.2) is 0 Å². The summed E-state index contributed by atoms with van der Waals surface area (Å²) in [4.78, 5) is 17.0. The summed E-state index contributed by atoms with van der Waals surface area (Å²) in [5.41, 5.74) is 2.34. The first-order valence-corrected chi connectivity index (χ1v) is 11.3. The highest BCUT2D eigenvalue weighted by atomic mass is 32.2. The summed E-state index contributed by atoms with van der Waals surface area (Å²) < 4.78 is 21.6. The van der Waals surface area contributed by atoms with Crippen LogP contribution in [0.5, 0.6) is 23.0 Å². The van der Waals surface area contributed by atoms with E-state index < -0.39 is 0 Å². The number of allylic oxidation sites excluding steroid dienone is 1. The number of nitriles is 1. The number of anilines is 1. The molecule has 2 aliphatic rings. The number of benzene rings is 2. The Morgan fingerprint density at radius 2 is 1.67 bits per heavy atom. The number of carbonyl (C=O) groups excluding carboxylic acids is 1. The van der Waals surface area contributed by atoms with Crippen LogP contribution in [0.3, 0.4) is 0 Å². The third-order valence-corrected chi connectivity index (χ3v) is 6.98. The Morgan fingerprint density at radius 1 is 1.00 bits per heavy atom. The maximum atomic E-state index is 13.2. The zero-order valence-corrected chi connectivity index (χ0v) is 19.8. The Bertz CT molecular complexity index is 1100. The summed E-state index contributed by atoms with van der Waals surface area (Å²) in [5.74, 6) is 2.44. The number of rotatable bonds is 6. The van der Waals surface area contributed by atoms with Gasteiger partial charge in [0.05, 0.1) is 57.7 Å². The first-order valence-electron chi connectivity index (χ1n) is 10.3. The molecule has 0 saturated carbocycles. The Kier molecular flexibility index (Phi) is 6.56. The molecule has 2 aromatic carbocycles. The Hall–Kier alpha value is -3.51. The van der Waals surface area contributed by atoms with Gasteiger partial charge in [0.1, 0.15) is 5.75 Å². The second-order valence-electron chi connectivity index (χ2n) is 7.52. The lowest BCUT2D eigenvalue weighted by atomic mass is 9.86. The lowest BCUT2D eigenvalue weighted by molar-refractivity contribution is -0.129. The fraction of sp³-hybridized carbons (Fsp3) is 0.333. The minimum Gasteiger partial charge on any atom is -0.497 e. The van der Waals surface area contributed by atoms with Gasteiger partial charge in [-0.05, 0) is 42.0 Å². The van der Waals surface area contributed by atoms with Crippen molar-refractivity contribution in [1.29, 1.82) is 5.26 Å². The molecule has 0 bridgehead atoms. The number of methoxy groups -OCH3 is 4. The van der Waals surface area contributed by atoms with Crippen LogP contribution in [0.2, 0.25) is 0 Å². The maximum Gasteiger partial charge on any atom is 0.229 e. The minimum atomic E-state index is -0.387. The number of fused-ring (bicyclic) bond motifs is 1. The van der Waals surface area contributed by atoms with E-state index in [9.17, 15) is 10.1 Å². The van der Waals surface area contributed by atoms with E-state index in [-0.39, 0.29) is 18.2 Å². The Balaban J connectivity index is 1.68. The van der Waals surface area contributed by atoms with Crippen molar-refractivity contribution in [3.63, 3.8) is 0 Å². The van der Waals surface area contributed by atoms with Gasteiger partial charge in [0, 0.05) is 18.0 Å². The summed E-state index contributed by atoms with van der Waals surface area (Å²) in [6.45, 7) is 0.390. The molecule has 8 nitrogen and oxygen atoms in total. The molecule has 0 unspecified atom stereocenters. The molecule has 33 heavy (non-hydrogen) atoms. The van der Waals surface area contributed by atoms with E-state index in [4.69, 9.17) is 18.9 Å². The third-order valence-electron chi connectivity index (χ3n) is 5.82. The molecule has 2 aromatic rings. The lowest BCUT2D eigenvalue weighted by Gasteiger charge is -2.42. The van der Waals surface area contributed by atoms with E-state index in [1.165, 1.54) is 18.9 Å². The van der Waals surface area contributed by atoms with Crippen LogP contribution >= 0.6 is 11.8 Å². The van der Waals surface area contributed by atoms with E-state index in [0.717, 1.165) is 17.0 Å². The normalized spacial score (nSPS) is 17.9. The molecule has 172 valence electrons. The molecule has 0 aromatic heterocycles. The van der Waals surface area contributed by atoms with Crippen LogP contribution in [0.15, 0.2) is 47.0 Å². The summed E-state index contributed by atoms with van der Waals surface area (Å²) in [7, 11) is 6.26. The number of hydrogen-bond acceptors (Lipinski definition) is 8. The van der Waals surface area contributed by atoms with Crippen molar-refractivity contribution in [2.24, 2.45) is 0 Å². The lowest BCUT2D eigenvalue weighted by Crippen LogP contribution is -2.47. The van der Waals surface area contributed by atoms with Crippen molar-refractivity contribution < 1.29 is 23.7 Å². The molecule has 0 aliphatic carbocycles. The highest BCUT2D eigenvalue weighted by Gasteiger charge is 2.39. The number of amides is 1. The Morgan fingerprint density at radius 3 is 2.21 bits per heavy atom. The van der Waals surface area contributed by atoms with E-state index >= 15 is 0 Å². The maximum absolute atomic E-state index is 13.2. The number of ether oxygens (including phenoxy) is 4. The van der Waals surface area contributed by atoms with Gasteiger partial charge in [-0.1, -0.05) is 11.8 Å². The topological polar surface area (TPSA) is 84.3 Å². The van der Waals surface area contributed by atoms with Crippen LogP contribution in [0, 0.1) is 11.3 Å². The second-order valence-corrected chi connectivity index (χ2v) is 8.45. The second kappa shape index (κ2) is 9.55. The predicted molar refractivity (Wildman–Crippen MR) is 126 cm³/mol. The average molecular weight is 468 g/mol. The summed E-state index contributed by atoms with van der Waals surface area (Å²) in [6, 6.07) is 13.7. The number of carbonyl (C=O) groups is 1. The van der Waals surface area contributed by atoms with Gasteiger partial charge in [-0.15, -0.1) is 0 Å². The molecule has 0 N–H and O–H groups in total. The van der Waals surface area contributed by atoms with Gasteiger partial charge in [0.25, 0.3) is 0 Å². The van der Waals surface area contributed by atoms with Crippen molar-refractivity contribution >= 4 is 23.4 Å². The fourth-order valence-electron chi connectivity index (χ4n) is 4.11. The molecule has 1 amide bonds.